The van der Waals surface area contributed by atoms with Gasteiger partial charge in [0.1, 0.15) is 29.9 Å². The largest absolute Gasteiger partial charge is 0.508 e. The van der Waals surface area contributed by atoms with Gasteiger partial charge in [0.15, 0.2) is 0 Å². The molecule has 1 aromatic carbocycles. The van der Waals surface area contributed by atoms with Crippen LogP contribution in [0.1, 0.15) is 58.2 Å². The number of imidazole rings is 1. The van der Waals surface area contributed by atoms with Gasteiger partial charge in [-0.05, 0) is 48.8 Å². The van der Waals surface area contributed by atoms with E-state index in [2.05, 4.69) is 25.9 Å². The van der Waals surface area contributed by atoms with Crippen LogP contribution in [0.3, 0.4) is 0 Å². The summed E-state index contributed by atoms with van der Waals surface area (Å²) >= 11 is 0. The molecule has 45 heavy (non-hydrogen) atoms. The van der Waals surface area contributed by atoms with Crippen molar-refractivity contribution in [3.8, 4) is 5.75 Å². The lowest BCUT2D eigenvalue weighted by Gasteiger charge is -2.30. The second kappa shape index (κ2) is 16.0. The SMILES string of the molecule is CC(C)C[C@H](NC(=O)[C@H](Cc1ccc(O)cc1)NC(=O)[C@@H]1CCCN1C(=O)[C@@H](N)C(C)C)C(=O)N[C@@H](Cc1cnc[nH]1)C(=O)O. The highest BCUT2D eigenvalue weighted by Gasteiger charge is 2.38. The zero-order valence-electron chi connectivity index (χ0n) is 26.2. The highest BCUT2D eigenvalue weighted by atomic mass is 16.4. The molecule has 4 amide bonds. The summed E-state index contributed by atoms with van der Waals surface area (Å²) in [6, 6.07) is 1.02. The number of amides is 4. The minimum absolute atomic E-state index is 0.0254. The van der Waals surface area contributed by atoms with Gasteiger partial charge in [-0.1, -0.05) is 39.8 Å². The van der Waals surface area contributed by atoms with Crippen LogP contribution in [0.2, 0.25) is 0 Å². The summed E-state index contributed by atoms with van der Waals surface area (Å²) in [6.45, 7) is 7.73. The third-order valence-corrected chi connectivity index (χ3v) is 7.78. The number of aliphatic carboxylic acids is 1. The van der Waals surface area contributed by atoms with Crippen molar-refractivity contribution in [3.05, 3.63) is 48.0 Å². The Bertz CT molecular complexity index is 1310. The number of aromatic hydroxyl groups is 1. The van der Waals surface area contributed by atoms with Crippen LogP contribution in [0.15, 0.2) is 36.8 Å². The number of hydrogen-bond donors (Lipinski definition) is 7. The number of benzene rings is 1. The Hall–Kier alpha value is -4.46. The molecule has 1 aliphatic heterocycles. The molecule has 14 heteroatoms. The molecule has 1 aliphatic rings. The van der Waals surface area contributed by atoms with E-state index < -0.39 is 53.9 Å². The van der Waals surface area contributed by atoms with Crippen LogP contribution >= 0.6 is 0 Å². The van der Waals surface area contributed by atoms with Crippen molar-refractivity contribution in [1.82, 2.24) is 30.8 Å². The molecule has 14 nitrogen and oxygen atoms in total. The van der Waals surface area contributed by atoms with E-state index in [1.807, 2.05) is 27.7 Å². The molecule has 0 radical (unpaired) electrons. The maximum Gasteiger partial charge on any atom is 0.326 e. The van der Waals surface area contributed by atoms with E-state index in [1.165, 1.54) is 29.6 Å². The summed E-state index contributed by atoms with van der Waals surface area (Å²) in [5.74, 6) is -3.60. The first kappa shape index (κ1) is 35.0. The fourth-order valence-corrected chi connectivity index (χ4v) is 5.19. The number of carboxylic acid groups (broad SMARTS) is 1. The van der Waals surface area contributed by atoms with E-state index in [9.17, 15) is 34.2 Å². The second-order valence-electron chi connectivity index (χ2n) is 12.3. The van der Waals surface area contributed by atoms with Crippen molar-refractivity contribution in [2.75, 3.05) is 6.54 Å². The summed E-state index contributed by atoms with van der Waals surface area (Å²) in [4.78, 5) is 73.8. The Morgan fingerprint density at radius 1 is 0.978 bits per heavy atom. The van der Waals surface area contributed by atoms with Crippen molar-refractivity contribution in [3.63, 3.8) is 0 Å². The minimum Gasteiger partial charge on any atom is -0.508 e. The van der Waals surface area contributed by atoms with Gasteiger partial charge < -0.3 is 41.8 Å². The molecule has 3 rings (SSSR count). The van der Waals surface area contributed by atoms with Gasteiger partial charge in [0.05, 0.1) is 12.4 Å². The monoisotopic (exact) mass is 627 g/mol. The summed E-state index contributed by atoms with van der Waals surface area (Å²) in [7, 11) is 0. The molecule has 0 bridgehead atoms. The quantitative estimate of drug-likeness (QED) is 0.146. The normalized spacial score (nSPS) is 17.4. The summed E-state index contributed by atoms with van der Waals surface area (Å²) in [6.07, 6.45) is 4.05. The number of rotatable bonds is 15. The molecular weight excluding hydrogens is 582 g/mol. The fourth-order valence-electron chi connectivity index (χ4n) is 5.19. The smallest absolute Gasteiger partial charge is 0.326 e. The van der Waals surface area contributed by atoms with Crippen molar-refractivity contribution < 1.29 is 34.2 Å². The molecule has 246 valence electrons. The Kier molecular flexibility index (Phi) is 12.5. The number of hydrogen-bond acceptors (Lipinski definition) is 8. The number of nitrogens with one attached hydrogen (secondary N) is 4. The van der Waals surface area contributed by atoms with E-state index in [-0.39, 0.29) is 42.8 Å². The summed E-state index contributed by atoms with van der Waals surface area (Å²) < 4.78 is 0. The van der Waals surface area contributed by atoms with Gasteiger partial charge in [-0.15, -0.1) is 0 Å². The van der Waals surface area contributed by atoms with Gasteiger partial charge in [-0.2, -0.15) is 0 Å². The van der Waals surface area contributed by atoms with Crippen molar-refractivity contribution in [1.29, 1.82) is 0 Å². The van der Waals surface area contributed by atoms with Gasteiger partial charge in [-0.25, -0.2) is 9.78 Å². The maximum absolute atomic E-state index is 13.8. The van der Waals surface area contributed by atoms with Gasteiger partial charge in [0.25, 0.3) is 0 Å². The van der Waals surface area contributed by atoms with Crippen LogP contribution in [-0.4, -0.2) is 91.4 Å². The average molecular weight is 628 g/mol. The molecular formula is C31H45N7O7. The molecule has 2 heterocycles. The van der Waals surface area contributed by atoms with Crippen LogP contribution in [0.25, 0.3) is 0 Å². The highest BCUT2D eigenvalue weighted by Crippen LogP contribution is 2.21. The summed E-state index contributed by atoms with van der Waals surface area (Å²) in [5.41, 5.74) is 7.23. The number of H-pyrrole nitrogens is 1. The third-order valence-electron chi connectivity index (χ3n) is 7.78. The van der Waals surface area contributed by atoms with Crippen LogP contribution in [0.4, 0.5) is 0 Å². The first-order valence-corrected chi connectivity index (χ1v) is 15.2. The Labute approximate surface area is 262 Å². The number of nitrogens with two attached hydrogens (primary N) is 1. The lowest BCUT2D eigenvalue weighted by molar-refractivity contribution is -0.142. The molecule has 2 aromatic rings. The maximum atomic E-state index is 13.8. The van der Waals surface area contributed by atoms with Crippen LogP contribution < -0.4 is 21.7 Å². The molecule has 1 saturated heterocycles. The predicted octanol–water partition coefficient (Wildman–Crippen LogP) is 0.460. The Morgan fingerprint density at radius 2 is 1.62 bits per heavy atom. The highest BCUT2D eigenvalue weighted by molar-refractivity contribution is 5.95. The lowest BCUT2D eigenvalue weighted by atomic mass is 10.00. The van der Waals surface area contributed by atoms with E-state index >= 15 is 0 Å². The Balaban J connectivity index is 1.81. The number of phenolic OH excluding ortho intramolecular Hbond substituents is 1. The number of carboxylic acids is 1. The number of aromatic nitrogens is 2. The topological polar surface area (TPSA) is 220 Å². The van der Waals surface area contributed by atoms with Crippen molar-refractivity contribution >= 4 is 29.6 Å². The van der Waals surface area contributed by atoms with Crippen LogP contribution in [0.5, 0.6) is 5.75 Å². The fraction of sp³-hybridized carbons (Fsp3) is 0.548. The number of likely N-dealkylation sites (tertiary alicyclic amines) is 1. The molecule has 5 atom stereocenters. The Morgan fingerprint density at radius 3 is 2.20 bits per heavy atom. The van der Waals surface area contributed by atoms with Crippen molar-refractivity contribution in [2.45, 2.75) is 90.0 Å². The van der Waals surface area contributed by atoms with Gasteiger partial charge in [-0.3, -0.25) is 19.2 Å². The third kappa shape index (κ3) is 10.0. The number of carbonyl (C=O) groups is 5. The lowest BCUT2D eigenvalue weighted by Crippen LogP contribution is -2.59. The second-order valence-corrected chi connectivity index (χ2v) is 12.3. The van der Waals surface area contributed by atoms with E-state index in [4.69, 9.17) is 5.73 Å². The predicted molar refractivity (Wildman–Crippen MR) is 165 cm³/mol. The van der Waals surface area contributed by atoms with Gasteiger partial charge in [0.2, 0.25) is 23.6 Å². The minimum atomic E-state index is -1.28. The summed E-state index contributed by atoms with van der Waals surface area (Å²) in [5, 5.41) is 27.5. The molecule has 8 N–H and O–H groups in total. The van der Waals surface area contributed by atoms with E-state index in [0.717, 1.165) is 0 Å². The van der Waals surface area contributed by atoms with Crippen LogP contribution in [-0.2, 0) is 36.8 Å². The van der Waals surface area contributed by atoms with Crippen LogP contribution in [0, 0.1) is 11.8 Å². The standard InChI is InChI=1S/C31H45N7O7/c1-17(2)12-22(27(40)37-24(31(44)45)14-20-15-33-16-34-20)35-28(41)23(13-19-7-9-21(39)10-8-19)36-29(42)25-6-5-11-38(25)30(43)26(32)18(3)4/h7-10,15-18,22-26,39H,5-6,11-14,32H2,1-4H3,(H,33,34)(H,35,41)(H,36,42)(H,37,40)(H,44,45)/t22-,23-,24-,25-,26-/m0/s1. The molecule has 0 saturated carbocycles. The van der Waals surface area contributed by atoms with Crippen molar-refractivity contribution in [2.24, 2.45) is 17.6 Å². The van der Waals surface area contributed by atoms with E-state index in [1.54, 1.807) is 12.1 Å². The number of phenols is 1. The zero-order valence-corrected chi connectivity index (χ0v) is 26.2. The molecule has 1 aromatic heterocycles. The molecule has 1 fully saturated rings. The molecule has 0 aliphatic carbocycles. The molecule has 0 unspecified atom stereocenters. The van der Waals surface area contributed by atoms with Gasteiger partial charge >= 0.3 is 5.97 Å². The average Bonchev–Trinajstić information content (AvgIpc) is 3.68. The zero-order chi connectivity index (χ0) is 33.3. The van der Waals surface area contributed by atoms with Gasteiger partial charge in [0, 0.05) is 31.3 Å². The van der Waals surface area contributed by atoms with E-state index in [0.29, 0.717) is 30.6 Å². The number of aromatic amines is 1. The molecule has 0 spiro atoms. The first-order chi connectivity index (χ1) is 21.3. The number of nitrogens with zero attached hydrogens (tertiary/aromatic N) is 2. The first-order valence-electron chi connectivity index (χ1n) is 15.2. The number of carbonyl (C=O) groups excluding carboxylic acids is 4.